The SMILES string of the molecule is CN=C(NCc1ccc(S(=O)(=O)N(C)C)cc1)N(C)CCOc1ccccc1.I. The Morgan fingerprint density at radius 2 is 1.66 bits per heavy atom. The van der Waals surface area contributed by atoms with E-state index in [1.807, 2.05) is 42.3 Å². The summed E-state index contributed by atoms with van der Waals surface area (Å²) >= 11 is 0. The van der Waals surface area contributed by atoms with E-state index in [2.05, 4.69) is 10.3 Å². The third kappa shape index (κ3) is 7.48. The van der Waals surface area contributed by atoms with Gasteiger partial charge in [0.05, 0.1) is 11.4 Å². The number of nitrogens with zero attached hydrogens (tertiary/aromatic N) is 3. The van der Waals surface area contributed by atoms with Crippen LogP contribution in [0.3, 0.4) is 0 Å². The monoisotopic (exact) mass is 532 g/mol. The first-order valence-electron chi connectivity index (χ1n) is 8.95. The lowest BCUT2D eigenvalue weighted by atomic mass is 10.2. The van der Waals surface area contributed by atoms with Crippen molar-refractivity contribution in [1.29, 1.82) is 0 Å². The first-order chi connectivity index (χ1) is 13.3. The van der Waals surface area contributed by atoms with Gasteiger partial charge >= 0.3 is 0 Å². The zero-order valence-electron chi connectivity index (χ0n) is 17.2. The first-order valence-corrected chi connectivity index (χ1v) is 10.4. The lowest BCUT2D eigenvalue weighted by molar-refractivity contribution is 0.281. The van der Waals surface area contributed by atoms with Gasteiger partial charge in [-0.15, -0.1) is 24.0 Å². The molecule has 2 rings (SSSR count). The van der Waals surface area contributed by atoms with Gasteiger partial charge in [0.2, 0.25) is 10.0 Å². The number of nitrogens with one attached hydrogen (secondary N) is 1. The second-order valence-electron chi connectivity index (χ2n) is 6.42. The number of ether oxygens (including phenoxy) is 1. The van der Waals surface area contributed by atoms with Gasteiger partial charge in [-0.25, -0.2) is 12.7 Å². The highest BCUT2D eigenvalue weighted by Crippen LogP contribution is 2.14. The largest absolute Gasteiger partial charge is 0.492 e. The number of hydrogen-bond acceptors (Lipinski definition) is 4. The first kappa shape index (κ1) is 25.2. The molecule has 0 spiro atoms. The fraction of sp³-hybridized carbons (Fsp3) is 0.350. The Morgan fingerprint density at radius 3 is 2.21 bits per heavy atom. The molecule has 0 amide bonds. The van der Waals surface area contributed by atoms with Crippen molar-refractivity contribution in [3.63, 3.8) is 0 Å². The van der Waals surface area contributed by atoms with Gasteiger partial charge in [0, 0.05) is 34.7 Å². The molecule has 0 heterocycles. The number of aliphatic imine (C=N–C) groups is 1. The molecule has 0 saturated carbocycles. The summed E-state index contributed by atoms with van der Waals surface area (Å²) in [5.74, 6) is 1.58. The third-order valence-electron chi connectivity index (χ3n) is 4.16. The van der Waals surface area contributed by atoms with Crippen LogP contribution in [0.25, 0.3) is 0 Å². The summed E-state index contributed by atoms with van der Waals surface area (Å²) in [6.07, 6.45) is 0. The van der Waals surface area contributed by atoms with Crippen LogP contribution in [-0.2, 0) is 16.6 Å². The van der Waals surface area contributed by atoms with Crippen molar-refractivity contribution in [3.05, 3.63) is 60.2 Å². The molecule has 0 bridgehead atoms. The van der Waals surface area contributed by atoms with Crippen LogP contribution in [0, 0.1) is 0 Å². The maximum atomic E-state index is 12.1. The second-order valence-corrected chi connectivity index (χ2v) is 8.57. The van der Waals surface area contributed by atoms with Gasteiger partial charge in [-0.3, -0.25) is 4.99 Å². The highest BCUT2D eigenvalue weighted by molar-refractivity contribution is 14.0. The van der Waals surface area contributed by atoms with Crippen molar-refractivity contribution >= 4 is 40.0 Å². The number of guanidine groups is 1. The van der Waals surface area contributed by atoms with Gasteiger partial charge < -0.3 is 15.0 Å². The molecule has 0 atom stereocenters. The average Bonchev–Trinajstić information content (AvgIpc) is 2.69. The van der Waals surface area contributed by atoms with Crippen LogP contribution in [0.2, 0.25) is 0 Å². The lowest BCUT2D eigenvalue weighted by Gasteiger charge is -2.22. The smallest absolute Gasteiger partial charge is 0.242 e. The number of likely N-dealkylation sites (N-methyl/N-ethyl adjacent to an activating group) is 1. The van der Waals surface area contributed by atoms with Gasteiger partial charge in [0.1, 0.15) is 12.4 Å². The summed E-state index contributed by atoms with van der Waals surface area (Å²) in [5.41, 5.74) is 0.966. The van der Waals surface area contributed by atoms with Crippen molar-refractivity contribution in [2.45, 2.75) is 11.4 Å². The van der Waals surface area contributed by atoms with E-state index < -0.39 is 10.0 Å². The number of sulfonamides is 1. The molecule has 9 heteroatoms. The molecule has 0 aliphatic carbocycles. The van der Waals surface area contributed by atoms with Crippen molar-refractivity contribution in [2.75, 3.05) is 41.3 Å². The molecular weight excluding hydrogens is 503 g/mol. The van der Waals surface area contributed by atoms with E-state index in [-0.39, 0.29) is 28.9 Å². The van der Waals surface area contributed by atoms with Crippen molar-refractivity contribution in [3.8, 4) is 5.75 Å². The van der Waals surface area contributed by atoms with Crippen molar-refractivity contribution in [2.24, 2.45) is 4.99 Å². The minimum Gasteiger partial charge on any atom is -0.492 e. The summed E-state index contributed by atoms with van der Waals surface area (Å²) in [5, 5.41) is 3.28. The number of benzene rings is 2. The van der Waals surface area contributed by atoms with E-state index in [1.54, 1.807) is 31.3 Å². The Labute approximate surface area is 190 Å². The van der Waals surface area contributed by atoms with Crippen molar-refractivity contribution in [1.82, 2.24) is 14.5 Å². The van der Waals surface area contributed by atoms with Crippen LogP contribution in [0.15, 0.2) is 64.5 Å². The number of halogens is 1. The molecule has 7 nitrogen and oxygen atoms in total. The summed E-state index contributed by atoms with van der Waals surface area (Å²) in [4.78, 5) is 6.54. The molecular formula is C20H29IN4O3S. The van der Waals surface area contributed by atoms with Crippen LogP contribution in [0.4, 0.5) is 0 Å². The fourth-order valence-electron chi connectivity index (χ4n) is 2.48. The van der Waals surface area contributed by atoms with Gasteiger partial charge in [0.15, 0.2) is 5.96 Å². The van der Waals surface area contributed by atoms with E-state index in [9.17, 15) is 8.42 Å². The predicted molar refractivity (Wildman–Crippen MR) is 127 cm³/mol. The molecule has 0 aliphatic heterocycles. The Morgan fingerprint density at radius 1 is 1.03 bits per heavy atom. The number of para-hydroxylation sites is 1. The van der Waals surface area contributed by atoms with Gasteiger partial charge in [-0.1, -0.05) is 30.3 Å². The van der Waals surface area contributed by atoms with Crippen LogP contribution in [-0.4, -0.2) is 64.9 Å². The van der Waals surface area contributed by atoms with E-state index in [4.69, 9.17) is 4.74 Å². The maximum Gasteiger partial charge on any atom is 0.242 e. The molecule has 0 fully saturated rings. The zero-order chi connectivity index (χ0) is 20.6. The standard InChI is InChI=1S/C20H28N4O3S.HI/c1-21-20(24(4)14-15-27-18-8-6-5-7-9-18)22-16-17-10-12-19(13-11-17)28(25,26)23(2)3;/h5-13H,14-16H2,1-4H3,(H,21,22);1H. The summed E-state index contributed by atoms with van der Waals surface area (Å²) in [7, 11) is 3.30. The number of rotatable bonds is 8. The van der Waals surface area contributed by atoms with E-state index in [1.165, 1.54) is 18.4 Å². The minimum absolute atomic E-state index is 0. The van der Waals surface area contributed by atoms with Crippen LogP contribution in [0.5, 0.6) is 5.75 Å². The normalized spacial score (nSPS) is 11.7. The maximum absolute atomic E-state index is 12.1. The molecule has 2 aromatic carbocycles. The Kier molecular flexibility index (Phi) is 10.4. The quantitative estimate of drug-likeness (QED) is 0.322. The molecule has 0 saturated heterocycles. The molecule has 1 N–H and O–H groups in total. The Hall–Kier alpha value is -1.85. The van der Waals surface area contributed by atoms with E-state index in [0.29, 0.717) is 19.7 Å². The van der Waals surface area contributed by atoms with Gasteiger partial charge in [0.25, 0.3) is 0 Å². The molecule has 2 aromatic rings. The number of hydrogen-bond donors (Lipinski definition) is 1. The molecule has 29 heavy (non-hydrogen) atoms. The van der Waals surface area contributed by atoms with Crippen LogP contribution >= 0.6 is 24.0 Å². The summed E-state index contributed by atoms with van der Waals surface area (Å²) in [6, 6.07) is 16.5. The highest BCUT2D eigenvalue weighted by Gasteiger charge is 2.16. The van der Waals surface area contributed by atoms with Crippen LogP contribution in [0.1, 0.15) is 5.56 Å². The Bertz CT molecular complexity index is 872. The topological polar surface area (TPSA) is 74.2 Å². The predicted octanol–water partition coefficient (Wildman–Crippen LogP) is 2.64. The van der Waals surface area contributed by atoms with Crippen molar-refractivity contribution < 1.29 is 13.2 Å². The third-order valence-corrected chi connectivity index (χ3v) is 5.99. The van der Waals surface area contributed by atoms with Crippen LogP contribution < -0.4 is 10.1 Å². The summed E-state index contributed by atoms with van der Waals surface area (Å²) in [6.45, 7) is 1.76. The molecule has 0 unspecified atom stereocenters. The molecule has 0 aromatic heterocycles. The van der Waals surface area contributed by atoms with Gasteiger partial charge in [-0.05, 0) is 29.8 Å². The molecule has 160 valence electrons. The fourth-order valence-corrected chi connectivity index (χ4v) is 3.38. The minimum atomic E-state index is -3.41. The zero-order valence-corrected chi connectivity index (χ0v) is 20.3. The summed E-state index contributed by atoms with van der Waals surface area (Å²) < 4.78 is 31.2. The van der Waals surface area contributed by atoms with E-state index in [0.717, 1.165) is 17.3 Å². The average molecular weight is 532 g/mol. The molecule has 0 aliphatic rings. The molecule has 0 radical (unpaired) electrons. The van der Waals surface area contributed by atoms with Gasteiger partial charge in [-0.2, -0.15) is 0 Å². The Balaban J connectivity index is 0.00000420. The second kappa shape index (κ2) is 12.0. The highest BCUT2D eigenvalue weighted by atomic mass is 127. The van der Waals surface area contributed by atoms with E-state index >= 15 is 0 Å². The lowest BCUT2D eigenvalue weighted by Crippen LogP contribution is -2.40.